The third kappa shape index (κ3) is 4.05. The number of anilines is 1. The normalized spacial score (nSPS) is 18.8. The third-order valence-corrected chi connectivity index (χ3v) is 6.91. The first-order valence-electron chi connectivity index (χ1n) is 10.1. The Kier molecular flexibility index (Phi) is 5.92. The van der Waals surface area contributed by atoms with E-state index in [9.17, 15) is 0 Å². The molecule has 3 heterocycles. The highest BCUT2D eigenvalue weighted by Gasteiger charge is 2.31. The van der Waals surface area contributed by atoms with Gasteiger partial charge in [0.15, 0.2) is 0 Å². The molecule has 0 saturated heterocycles. The summed E-state index contributed by atoms with van der Waals surface area (Å²) >= 11 is 1.96. The van der Waals surface area contributed by atoms with Crippen molar-refractivity contribution in [3.8, 4) is 11.4 Å². The Hall–Kier alpha value is -2.31. The van der Waals surface area contributed by atoms with Crippen LogP contribution in [0, 0.1) is 6.92 Å². The van der Waals surface area contributed by atoms with Gasteiger partial charge in [-0.05, 0) is 55.5 Å². The molecule has 3 aromatic rings. The minimum atomic E-state index is 0.194. The van der Waals surface area contributed by atoms with Gasteiger partial charge in [0.05, 0.1) is 10.9 Å². The van der Waals surface area contributed by atoms with E-state index in [-0.39, 0.29) is 11.9 Å². The number of nitrogens with zero attached hydrogens (tertiary/aromatic N) is 3. The van der Waals surface area contributed by atoms with E-state index < -0.39 is 0 Å². The molecule has 0 fully saturated rings. The summed E-state index contributed by atoms with van der Waals surface area (Å²) in [6.45, 7) is 4.64. The lowest BCUT2D eigenvalue weighted by molar-refractivity contribution is 0.288. The summed E-state index contributed by atoms with van der Waals surface area (Å²) in [5, 5.41) is 17.8. The summed E-state index contributed by atoms with van der Waals surface area (Å²) in [7, 11) is 2.00. The molecule has 0 unspecified atom stereocenters. The van der Waals surface area contributed by atoms with Gasteiger partial charge >= 0.3 is 0 Å². The summed E-state index contributed by atoms with van der Waals surface area (Å²) in [6.07, 6.45) is 3.53. The Morgan fingerprint density at radius 3 is 2.86 bits per heavy atom. The first-order valence-corrected chi connectivity index (χ1v) is 11.2. The lowest BCUT2D eigenvalue weighted by Gasteiger charge is -2.19. The predicted octanol–water partition coefficient (Wildman–Crippen LogP) is 4.35. The van der Waals surface area contributed by atoms with Gasteiger partial charge < -0.3 is 10.4 Å². The van der Waals surface area contributed by atoms with Gasteiger partial charge in [-0.25, -0.2) is 0 Å². The van der Waals surface area contributed by atoms with Crippen LogP contribution in [0.1, 0.15) is 40.8 Å². The second-order valence-electron chi connectivity index (χ2n) is 7.73. The first-order chi connectivity index (χ1) is 14.1. The molecule has 29 heavy (non-hydrogen) atoms. The van der Waals surface area contributed by atoms with Gasteiger partial charge in [0.25, 0.3) is 0 Å². The predicted molar refractivity (Wildman–Crippen MR) is 120 cm³/mol. The number of rotatable bonds is 5. The molecule has 0 aliphatic carbocycles. The molecule has 0 spiro atoms. The van der Waals surface area contributed by atoms with Crippen LogP contribution in [0.5, 0.6) is 0 Å². The quantitative estimate of drug-likeness (QED) is 0.657. The highest BCUT2D eigenvalue weighted by atomic mass is 32.2. The van der Waals surface area contributed by atoms with Crippen LogP contribution in [0.3, 0.4) is 0 Å². The van der Waals surface area contributed by atoms with Gasteiger partial charge in [-0.3, -0.25) is 9.67 Å². The molecular weight excluding hydrogens is 380 g/mol. The number of pyridine rings is 1. The van der Waals surface area contributed by atoms with Gasteiger partial charge in [0, 0.05) is 37.2 Å². The Balaban J connectivity index is 1.82. The first kappa shape index (κ1) is 20.0. The van der Waals surface area contributed by atoms with Crippen LogP contribution in [0.15, 0.2) is 42.6 Å². The molecule has 4 rings (SSSR count). The number of aliphatic hydroxyl groups is 1. The largest absolute Gasteiger partial charge is 0.396 e. The minimum absolute atomic E-state index is 0.194. The Morgan fingerprint density at radius 2 is 2.14 bits per heavy atom. The number of nitrogens with one attached hydrogen (secondary N) is 1. The maximum atomic E-state index is 9.14. The van der Waals surface area contributed by atoms with Crippen LogP contribution in [0.2, 0.25) is 0 Å². The van der Waals surface area contributed by atoms with E-state index in [0.717, 1.165) is 35.8 Å². The van der Waals surface area contributed by atoms with Crippen LogP contribution >= 0.6 is 11.8 Å². The minimum Gasteiger partial charge on any atom is -0.396 e. The number of hydrogen-bond acceptors (Lipinski definition) is 5. The fourth-order valence-electron chi connectivity index (χ4n) is 3.97. The van der Waals surface area contributed by atoms with Crippen molar-refractivity contribution in [1.29, 1.82) is 0 Å². The molecule has 1 aliphatic heterocycles. The van der Waals surface area contributed by atoms with E-state index in [1.807, 2.05) is 47.9 Å². The Morgan fingerprint density at radius 1 is 1.28 bits per heavy atom. The monoisotopic (exact) mass is 408 g/mol. The third-order valence-electron chi connectivity index (χ3n) is 5.39. The van der Waals surface area contributed by atoms with E-state index in [4.69, 9.17) is 10.2 Å². The number of benzene rings is 1. The number of aliphatic hydroxyl groups excluding tert-OH is 1. The van der Waals surface area contributed by atoms with Crippen molar-refractivity contribution in [1.82, 2.24) is 14.8 Å². The molecule has 1 aromatic carbocycles. The molecule has 1 aliphatic rings. The number of hydrogen-bond donors (Lipinski definition) is 2. The Bertz CT molecular complexity index is 986. The summed E-state index contributed by atoms with van der Waals surface area (Å²) in [6, 6.07) is 13.1. The van der Waals surface area contributed by atoms with Crippen molar-refractivity contribution in [3.05, 3.63) is 64.8 Å². The van der Waals surface area contributed by atoms with E-state index >= 15 is 0 Å². The summed E-state index contributed by atoms with van der Waals surface area (Å²) in [5.41, 5.74) is 6.96. The van der Waals surface area contributed by atoms with Gasteiger partial charge in [-0.2, -0.15) is 5.10 Å². The molecule has 152 valence electrons. The van der Waals surface area contributed by atoms with Crippen molar-refractivity contribution in [2.75, 3.05) is 17.7 Å². The van der Waals surface area contributed by atoms with Crippen LogP contribution in [0.25, 0.3) is 11.4 Å². The van der Waals surface area contributed by atoms with Gasteiger partial charge in [-0.15, -0.1) is 11.8 Å². The van der Waals surface area contributed by atoms with E-state index in [2.05, 4.69) is 42.3 Å². The second-order valence-corrected chi connectivity index (χ2v) is 8.86. The van der Waals surface area contributed by atoms with Gasteiger partial charge in [0.2, 0.25) is 0 Å². The zero-order chi connectivity index (χ0) is 20.4. The second kappa shape index (κ2) is 8.59. The van der Waals surface area contributed by atoms with Crippen LogP contribution < -0.4 is 5.32 Å². The maximum Gasteiger partial charge on any atom is 0.129 e. The summed E-state index contributed by atoms with van der Waals surface area (Å²) in [4.78, 5) is 4.58. The van der Waals surface area contributed by atoms with Crippen LogP contribution in [0.4, 0.5) is 5.82 Å². The number of aryl methyl sites for hydroxylation is 3. The molecule has 5 nitrogen and oxygen atoms in total. The SMILES string of the molecule is Cc1cc(CCCO)ccc1[C@@H]1SC[C@@H](C)Nc2c1c(-c1ccccn1)nn2C. The molecule has 2 N–H and O–H groups in total. The van der Waals surface area contributed by atoms with Gasteiger partial charge in [0.1, 0.15) is 11.5 Å². The van der Waals surface area contributed by atoms with Crippen molar-refractivity contribution < 1.29 is 5.11 Å². The molecule has 2 atom stereocenters. The van der Waals surface area contributed by atoms with Crippen molar-refractivity contribution in [2.45, 2.75) is 38.0 Å². The molecule has 0 radical (unpaired) electrons. The van der Waals surface area contributed by atoms with Crippen molar-refractivity contribution in [3.63, 3.8) is 0 Å². The standard InChI is InChI=1S/C23H28N4OS/c1-15-13-17(7-6-12-28)9-10-18(15)22-20-21(19-8-4-5-11-24-19)26-27(3)23(20)25-16(2)14-29-22/h4-5,8-11,13,16,22,25,28H,6-7,12,14H2,1-3H3/t16-,22+/m1/s1. The molecular formula is C23H28N4OS. The molecule has 0 amide bonds. The smallest absolute Gasteiger partial charge is 0.129 e. The zero-order valence-electron chi connectivity index (χ0n) is 17.2. The topological polar surface area (TPSA) is 63.0 Å². The maximum absolute atomic E-state index is 9.14. The van der Waals surface area contributed by atoms with Crippen molar-refractivity contribution in [2.24, 2.45) is 7.05 Å². The summed E-state index contributed by atoms with van der Waals surface area (Å²) in [5.74, 6) is 2.10. The number of thioether (sulfide) groups is 1. The lowest BCUT2D eigenvalue weighted by atomic mass is 9.95. The zero-order valence-corrected chi connectivity index (χ0v) is 18.0. The lowest BCUT2D eigenvalue weighted by Crippen LogP contribution is -2.18. The highest BCUT2D eigenvalue weighted by Crippen LogP contribution is 2.47. The average Bonchev–Trinajstić information content (AvgIpc) is 2.93. The van der Waals surface area contributed by atoms with E-state index in [1.165, 1.54) is 22.3 Å². The molecule has 2 aromatic heterocycles. The molecule has 0 saturated carbocycles. The molecule has 6 heteroatoms. The fraction of sp³-hybridized carbons (Fsp3) is 0.391. The van der Waals surface area contributed by atoms with E-state index in [1.54, 1.807) is 0 Å². The number of fused-ring (bicyclic) bond motifs is 1. The van der Waals surface area contributed by atoms with Crippen LogP contribution in [-0.2, 0) is 13.5 Å². The fourth-order valence-corrected chi connectivity index (χ4v) is 5.37. The molecule has 0 bridgehead atoms. The summed E-state index contributed by atoms with van der Waals surface area (Å²) < 4.78 is 1.96. The Labute approximate surface area is 176 Å². The number of aromatic nitrogens is 3. The van der Waals surface area contributed by atoms with Crippen LogP contribution in [-0.4, -0.2) is 38.3 Å². The van der Waals surface area contributed by atoms with E-state index in [0.29, 0.717) is 6.04 Å². The average molecular weight is 409 g/mol. The van der Waals surface area contributed by atoms with Gasteiger partial charge in [-0.1, -0.05) is 24.3 Å². The van der Waals surface area contributed by atoms with Crippen molar-refractivity contribution >= 4 is 17.6 Å². The highest BCUT2D eigenvalue weighted by molar-refractivity contribution is 7.99.